The Bertz CT molecular complexity index is 99.0. The maximum absolute atomic E-state index is 4.74. The van der Waals surface area contributed by atoms with Gasteiger partial charge in [-0.15, -0.1) is 0 Å². The Kier molecular flexibility index (Phi) is 2.69. The molecule has 2 nitrogen and oxygen atoms in total. The fourth-order valence-electron chi connectivity index (χ4n) is 0.357. The number of rotatable bonds is 0. The highest BCUT2D eigenvalue weighted by Crippen LogP contribution is 1.93. The predicted molar refractivity (Wildman–Crippen MR) is 29.6 cm³/mol. The summed E-state index contributed by atoms with van der Waals surface area (Å²) in [5.74, 6) is 0. The summed E-state index contributed by atoms with van der Waals surface area (Å²) in [4.78, 5) is 1.91. The molecule has 0 unspecified atom stereocenters. The van der Waals surface area contributed by atoms with Gasteiger partial charge in [0.1, 0.15) is 12.5 Å². The van der Waals surface area contributed by atoms with Gasteiger partial charge in [-0.1, -0.05) is 0 Å². The molecule has 1 aliphatic rings. The Morgan fingerprint density at radius 1 is 1.25 bits per heavy atom. The highest BCUT2D eigenvalue weighted by atomic mass is 19.0. The molecule has 46 valence electrons. The minimum Gasteiger partial charge on any atom is -0.470 e. The first-order valence-corrected chi connectivity index (χ1v) is 2.10. The van der Waals surface area contributed by atoms with Crippen molar-refractivity contribution in [3.8, 4) is 0 Å². The van der Waals surface area contributed by atoms with Crippen LogP contribution < -0.4 is 0 Å². The number of halogens is 1. The van der Waals surface area contributed by atoms with E-state index >= 15 is 0 Å². The molecule has 0 bridgehead atoms. The third-order valence-electron chi connectivity index (χ3n) is 0.749. The van der Waals surface area contributed by atoms with E-state index in [9.17, 15) is 0 Å². The molecule has 0 spiro atoms. The molecule has 0 aromatic heterocycles. The topological polar surface area (TPSA) is 12.5 Å². The van der Waals surface area contributed by atoms with Crippen molar-refractivity contribution in [2.75, 3.05) is 7.05 Å². The third-order valence-corrected chi connectivity index (χ3v) is 0.749. The Morgan fingerprint density at radius 3 is 2.00 bits per heavy atom. The van der Waals surface area contributed by atoms with Crippen LogP contribution in [0.4, 0.5) is 4.70 Å². The zero-order valence-electron chi connectivity index (χ0n) is 4.57. The van der Waals surface area contributed by atoms with Gasteiger partial charge in [0, 0.05) is 19.4 Å². The van der Waals surface area contributed by atoms with Gasteiger partial charge in [0.25, 0.3) is 0 Å². The lowest BCUT2D eigenvalue weighted by atomic mass is 10.7. The first-order chi connectivity index (χ1) is 3.39. The van der Waals surface area contributed by atoms with Gasteiger partial charge in [-0.25, -0.2) is 0 Å². The Hall–Kier alpha value is -0.990. The summed E-state index contributed by atoms with van der Waals surface area (Å²) in [6.45, 7) is 0. The fraction of sp³-hybridized carbons (Fsp3) is 0.200. The lowest BCUT2D eigenvalue weighted by Crippen LogP contribution is -2.02. The monoisotopic (exact) mass is 117 g/mol. The second-order valence-electron chi connectivity index (χ2n) is 1.37. The van der Waals surface area contributed by atoms with Crippen LogP contribution in [0, 0.1) is 0 Å². The van der Waals surface area contributed by atoms with Crippen molar-refractivity contribution in [3.63, 3.8) is 0 Å². The van der Waals surface area contributed by atoms with Crippen molar-refractivity contribution in [2.45, 2.75) is 0 Å². The SMILES string of the molecule is CN1C=COC=C1.F. The summed E-state index contributed by atoms with van der Waals surface area (Å²) in [5, 5.41) is 0. The average molecular weight is 117 g/mol. The molecule has 0 aromatic carbocycles. The van der Waals surface area contributed by atoms with Crippen molar-refractivity contribution in [3.05, 3.63) is 24.9 Å². The second kappa shape index (κ2) is 3.07. The highest BCUT2D eigenvalue weighted by Gasteiger charge is 1.84. The molecular formula is C5H8FNO. The van der Waals surface area contributed by atoms with E-state index in [1.807, 2.05) is 24.3 Å². The summed E-state index contributed by atoms with van der Waals surface area (Å²) in [6.07, 6.45) is 6.92. The van der Waals surface area contributed by atoms with Gasteiger partial charge in [-0.05, 0) is 0 Å². The molecule has 0 saturated heterocycles. The van der Waals surface area contributed by atoms with Gasteiger partial charge in [-0.3, -0.25) is 4.70 Å². The molecule has 0 aromatic rings. The molecule has 0 atom stereocenters. The highest BCUT2D eigenvalue weighted by molar-refractivity contribution is 4.89. The first kappa shape index (κ1) is 7.01. The van der Waals surface area contributed by atoms with Gasteiger partial charge in [0.2, 0.25) is 0 Å². The van der Waals surface area contributed by atoms with Crippen LogP contribution >= 0.6 is 0 Å². The number of nitrogens with zero attached hydrogens (tertiary/aromatic N) is 1. The average Bonchev–Trinajstić information content (AvgIpc) is 1.69. The molecule has 0 saturated carbocycles. The molecule has 0 radical (unpaired) electrons. The smallest absolute Gasteiger partial charge is 0.106 e. The fourth-order valence-corrected chi connectivity index (χ4v) is 0.357. The zero-order valence-corrected chi connectivity index (χ0v) is 4.57. The summed E-state index contributed by atoms with van der Waals surface area (Å²) >= 11 is 0. The van der Waals surface area contributed by atoms with E-state index in [1.165, 1.54) is 0 Å². The van der Waals surface area contributed by atoms with E-state index in [4.69, 9.17) is 4.74 Å². The van der Waals surface area contributed by atoms with Crippen LogP contribution in [-0.4, -0.2) is 11.9 Å². The largest absolute Gasteiger partial charge is 0.470 e. The molecule has 1 heterocycles. The maximum Gasteiger partial charge on any atom is 0.106 e. The van der Waals surface area contributed by atoms with E-state index in [1.54, 1.807) is 12.5 Å². The molecule has 1 rings (SSSR count). The van der Waals surface area contributed by atoms with E-state index in [2.05, 4.69) is 0 Å². The number of ether oxygens (including phenoxy) is 1. The molecule has 0 amide bonds. The standard InChI is InChI=1S/C5H7NO.FH/c1-6-2-4-7-5-3-6;/h2-5H,1H3;1H. The normalized spacial score (nSPS) is 14.9. The quantitative estimate of drug-likeness (QED) is 0.470. The van der Waals surface area contributed by atoms with Gasteiger partial charge >= 0.3 is 0 Å². The predicted octanol–water partition coefficient (Wildman–Crippen LogP) is 1.04. The van der Waals surface area contributed by atoms with E-state index in [0.717, 1.165) is 0 Å². The minimum atomic E-state index is 0. The maximum atomic E-state index is 4.74. The van der Waals surface area contributed by atoms with Gasteiger partial charge in [0.05, 0.1) is 0 Å². The van der Waals surface area contributed by atoms with Gasteiger partial charge in [0.15, 0.2) is 0 Å². The summed E-state index contributed by atoms with van der Waals surface area (Å²) < 4.78 is 4.74. The Labute approximate surface area is 47.4 Å². The van der Waals surface area contributed by atoms with E-state index < -0.39 is 0 Å². The van der Waals surface area contributed by atoms with Crippen LogP contribution in [0.5, 0.6) is 0 Å². The zero-order chi connectivity index (χ0) is 5.11. The van der Waals surface area contributed by atoms with Crippen LogP contribution in [0.1, 0.15) is 0 Å². The molecule has 1 aliphatic heterocycles. The Balaban J connectivity index is 0.000000490. The molecule has 3 heteroatoms. The van der Waals surface area contributed by atoms with Crippen molar-refractivity contribution in [2.24, 2.45) is 0 Å². The molecule has 0 aliphatic carbocycles. The van der Waals surface area contributed by atoms with E-state index in [-0.39, 0.29) is 4.70 Å². The van der Waals surface area contributed by atoms with Crippen molar-refractivity contribution in [1.29, 1.82) is 0 Å². The van der Waals surface area contributed by atoms with Crippen LogP contribution in [0.2, 0.25) is 0 Å². The van der Waals surface area contributed by atoms with Crippen molar-refractivity contribution in [1.82, 2.24) is 4.90 Å². The van der Waals surface area contributed by atoms with Gasteiger partial charge < -0.3 is 9.64 Å². The Morgan fingerprint density at radius 2 is 1.75 bits per heavy atom. The lowest BCUT2D eigenvalue weighted by Gasteiger charge is -2.08. The lowest BCUT2D eigenvalue weighted by molar-refractivity contribution is 0.361. The second-order valence-corrected chi connectivity index (χ2v) is 1.37. The van der Waals surface area contributed by atoms with Crippen LogP contribution in [-0.2, 0) is 4.74 Å². The molecule has 0 N–H and O–H groups in total. The first-order valence-electron chi connectivity index (χ1n) is 2.10. The summed E-state index contributed by atoms with van der Waals surface area (Å²) in [5.41, 5.74) is 0. The van der Waals surface area contributed by atoms with Crippen LogP contribution in [0.3, 0.4) is 0 Å². The molecule has 8 heavy (non-hydrogen) atoms. The summed E-state index contributed by atoms with van der Waals surface area (Å²) in [6, 6.07) is 0. The number of hydrogen-bond acceptors (Lipinski definition) is 2. The van der Waals surface area contributed by atoms with Crippen LogP contribution in [0.15, 0.2) is 24.9 Å². The molecular weight excluding hydrogens is 109 g/mol. The van der Waals surface area contributed by atoms with Crippen LogP contribution in [0.25, 0.3) is 0 Å². The van der Waals surface area contributed by atoms with Crippen molar-refractivity contribution < 1.29 is 9.44 Å². The van der Waals surface area contributed by atoms with Crippen molar-refractivity contribution >= 4 is 0 Å². The summed E-state index contributed by atoms with van der Waals surface area (Å²) in [7, 11) is 1.94. The van der Waals surface area contributed by atoms with Gasteiger partial charge in [-0.2, -0.15) is 0 Å². The third kappa shape index (κ3) is 1.64. The molecule has 0 fully saturated rings. The minimum absolute atomic E-state index is 0. The van der Waals surface area contributed by atoms with E-state index in [0.29, 0.717) is 0 Å². The number of hydrogen-bond donors (Lipinski definition) is 0.